The van der Waals surface area contributed by atoms with Gasteiger partial charge in [0.1, 0.15) is 5.82 Å². The number of nitrogens with two attached hydrogens (primary N) is 1. The fourth-order valence-electron chi connectivity index (χ4n) is 2.88. The summed E-state index contributed by atoms with van der Waals surface area (Å²) in [5.41, 5.74) is 7.59. The molecule has 1 aromatic carbocycles. The molecule has 1 aliphatic heterocycles. The van der Waals surface area contributed by atoms with Crippen LogP contribution in [0.4, 0.5) is 10.1 Å². The average Bonchev–Trinajstić information content (AvgIpc) is 2.46. The van der Waals surface area contributed by atoms with Crippen LogP contribution < -0.4 is 10.6 Å². The van der Waals surface area contributed by atoms with E-state index < -0.39 is 0 Å². The number of hydrogen-bond donors (Lipinski definition) is 1. The molecule has 1 fully saturated rings. The van der Waals surface area contributed by atoms with Crippen LogP contribution in [-0.4, -0.2) is 37.1 Å². The monoisotopic (exact) mass is 279 g/mol. The summed E-state index contributed by atoms with van der Waals surface area (Å²) in [7, 11) is 0. The summed E-state index contributed by atoms with van der Waals surface area (Å²) in [6.07, 6.45) is 1.16. The van der Waals surface area contributed by atoms with Crippen molar-refractivity contribution in [1.29, 1.82) is 0 Å². The van der Waals surface area contributed by atoms with E-state index in [9.17, 15) is 4.39 Å². The van der Waals surface area contributed by atoms with Gasteiger partial charge < -0.3 is 10.6 Å². The number of rotatable bonds is 4. The fourth-order valence-corrected chi connectivity index (χ4v) is 2.88. The molecule has 1 aromatic rings. The lowest BCUT2D eigenvalue weighted by atomic mass is 10.0. The molecule has 1 saturated heterocycles. The number of halogens is 1. The van der Waals surface area contributed by atoms with Gasteiger partial charge in [-0.15, -0.1) is 0 Å². The Bertz CT molecular complexity index is 439. The quantitative estimate of drug-likeness (QED) is 0.920. The predicted octanol–water partition coefficient (Wildman–Crippen LogP) is 2.77. The summed E-state index contributed by atoms with van der Waals surface area (Å²) in [4.78, 5) is 4.62. The summed E-state index contributed by atoms with van der Waals surface area (Å²) in [6, 6.07) is 5.67. The van der Waals surface area contributed by atoms with E-state index in [4.69, 9.17) is 5.73 Å². The van der Waals surface area contributed by atoms with Crippen LogP contribution in [-0.2, 0) is 0 Å². The third-order valence-corrected chi connectivity index (χ3v) is 4.35. The first kappa shape index (κ1) is 15.3. The lowest BCUT2D eigenvalue weighted by Crippen LogP contribution is -2.50. The van der Waals surface area contributed by atoms with E-state index in [0.29, 0.717) is 11.7 Å². The van der Waals surface area contributed by atoms with Crippen molar-refractivity contribution >= 4 is 5.69 Å². The van der Waals surface area contributed by atoms with Crippen molar-refractivity contribution < 1.29 is 4.39 Å². The minimum absolute atomic E-state index is 0.145. The van der Waals surface area contributed by atoms with Crippen LogP contribution in [0.25, 0.3) is 0 Å². The smallest absolute Gasteiger partial charge is 0.146 e. The third-order valence-electron chi connectivity index (χ3n) is 4.35. The first-order valence-corrected chi connectivity index (χ1v) is 7.57. The molecule has 1 heterocycles. The molecule has 2 N–H and O–H groups in total. The SMILES string of the molecule is CCC(C)N1CCN(c2c(F)cccc2[C@H](C)N)CC1. The molecular formula is C16H26FN3. The molecule has 0 bridgehead atoms. The molecule has 112 valence electrons. The Kier molecular flexibility index (Phi) is 5.00. The number of para-hydroxylation sites is 1. The lowest BCUT2D eigenvalue weighted by Gasteiger charge is -2.40. The topological polar surface area (TPSA) is 32.5 Å². The fraction of sp³-hybridized carbons (Fsp3) is 0.625. The van der Waals surface area contributed by atoms with Crippen molar-refractivity contribution in [2.45, 2.75) is 39.3 Å². The average molecular weight is 279 g/mol. The van der Waals surface area contributed by atoms with Gasteiger partial charge in [0.05, 0.1) is 5.69 Å². The van der Waals surface area contributed by atoms with Gasteiger partial charge in [-0.3, -0.25) is 4.90 Å². The minimum atomic E-state index is -0.156. The summed E-state index contributed by atoms with van der Waals surface area (Å²) < 4.78 is 14.2. The van der Waals surface area contributed by atoms with E-state index in [1.54, 1.807) is 6.07 Å². The molecule has 20 heavy (non-hydrogen) atoms. The van der Waals surface area contributed by atoms with Gasteiger partial charge in [-0.05, 0) is 31.9 Å². The predicted molar refractivity (Wildman–Crippen MR) is 82.5 cm³/mol. The van der Waals surface area contributed by atoms with Gasteiger partial charge in [0.2, 0.25) is 0 Å². The number of benzene rings is 1. The summed E-state index contributed by atoms with van der Waals surface area (Å²) in [5.74, 6) is -0.156. The van der Waals surface area contributed by atoms with Gasteiger partial charge >= 0.3 is 0 Å². The second-order valence-electron chi connectivity index (χ2n) is 5.75. The van der Waals surface area contributed by atoms with Gasteiger partial charge in [0, 0.05) is 38.3 Å². The van der Waals surface area contributed by atoms with Crippen molar-refractivity contribution in [2.24, 2.45) is 5.73 Å². The number of nitrogens with zero attached hydrogens (tertiary/aromatic N) is 2. The standard InChI is InChI=1S/C16H26FN3/c1-4-12(2)19-8-10-20(11-9-19)16-14(13(3)18)6-5-7-15(16)17/h5-7,12-13H,4,8-11,18H2,1-3H3/t12?,13-/m0/s1. The van der Waals surface area contributed by atoms with Crippen LogP contribution in [0.2, 0.25) is 0 Å². The van der Waals surface area contributed by atoms with E-state index in [1.807, 2.05) is 13.0 Å². The van der Waals surface area contributed by atoms with Crippen LogP contribution in [0.15, 0.2) is 18.2 Å². The number of hydrogen-bond acceptors (Lipinski definition) is 3. The molecule has 0 aliphatic carbocycles. The largest absolute Gasteiger partial charge is 0.366 e. The minimum Gasteiger partial charge on any atom is -0.366 e. The van der Waals surface area contributed by atoms with E-state index in [1.165, 1.54) is 6.07 Å². The highest BCUT2D eigenvalue weighted by atomic mass is 19.1. The van der Waals surface area contributed by atoms with E-state index >= 15 is 0 Å². The van der Waals surface area contributed by atoms with Crippen LogP contribution in [0.5, 0.6) is 0 Å². The summed E-state index contributed by atoms with van der Waals surface area (Å²) in [6.45, 7) is 10.1. The molecule has 0 saturated carbocycles. The molecule has 2 rings (SSSR count). The van der Waals surface area contributed by atoms with Crippen molar-refractivity contribution in [3.8, 4) is 0 Å². The number of anilines is 1. The molecule has 0 amide bonds. The Labute approximate surface area is 121 Å². The molecule has 0 aromatic heterocycles. The molecular weight excluding hydrogens is 253 g/mol. The first-order chi connectivity index (χ1) is 9.54. The van der Waals surface area contributed by atoms with E-state index in [0.717, 1.165) is 38.2 Å². The van der Waals surface area contributed by atoms with Crippen molar-refractivity contribution in [2.75, 3.05) is 31.1 Å². The number of piperazine rings is 1. The first-order valence-electron chi connectivity index (χ1n) is 7.57. The normalized spacial score (nSPS) is 19.9. The molecule has 2 atom stereocenters. The summed E-state index contributed by atoms with van der Waals surface area (Å²) in [5, 5.41) is 0. The highest BCUT2D eigenvalue weighted by molar-refractivity contribution is 5.56. The zero-order valence-electron chi connectivity index (χ0n) is 12.8. The molecule has 0 spiro atoms. The second kappa shape index (κ2) is 6.55. The summed E-state index contributed by atoms with van der Waals surface area (Å²) >= 11 is 0. The molecule has 0 radical (unpaired) electrons. The van der Waals surface area contributed by atoms with Crippen LogP contribution in [0, 0.1) is 5.82 Å². The Balaban J connectivity index is 2.15. The van der Waals surface area contributed by atoms with Crippen LogP contribution >= 0.6 is 0 Å². The second-order valence-corrected chi connectivity index (χ2v) is 5.75. The third kappa shape index (κ3) is 3.13. The maximum absolute atomic E-state index is 14.2. The van der Waals surface area contributed by atoms with Crippen LogP contribution in [0.1, 0.15) is 38.8 Å². The zero-order chi connectivity index (χ0) is 14.7. The Morgan fingerprint density at radius 3 is 2.40 bits per heavy atom. The Hall–Kier alpha value is -1.13. The zero-order valence-corrected chi connectivity index (χ0v) is 12.8. The van der Waals surface area contributed by atoms with Crippen molar-refractivity contribution in [1.82, 2.24) is 4.90 Å². The van der Waals surface area contributed by atoms with Crippen molar-refractivity contribution in [3.63, 3.8) is 0 Å². The van der Waals surface area contributed by atoms with Gasteiger partial charge in [-0.2, -0.15) is 0 Å². The molecule has 4 heteroatoms. The van der Waals surface area contributed by atoms with Gasteiger partial charge in [0.25, 0.3) is 0 Å². The van der Waals surface area contributed by atoms with Gasteiger partial charge in [-0.25, -0.2) is 4.39 Å². The molecule has 3 nitrogen and oxygen atoms in total. The van der Waals surface area contributed by atoms with Crippen LogP contribution in [0.3, 0.4) is 0 Å². The maximum Gasteiger partial charge on any atom is 0.146 e. The highest BCUT2D eigenvalue weighted by Crippen LogP contribution is 2.29. The molecule has 1 aliphatic rings. The van der Waals surface area contributed by atoms with Gasteiger partial charge in [-0.1, -0.05) is 19.1 Å². The molecule has 1 unspecified atom stereocenters. The maximum atomic E-state index is 14.2. The Morgan fingerprint density at radius 1 is 1.20 bits per heavy atom. The Morgan fingerprint density at radius 2 is 1.85 bits per heavy atom. The van der Waals surface area contributed by atoms with Gasteiger partial charge in [0.15, 0.2) is 0 Å². The lowest BCUT2D eigenvalue weighted by molar-refractivity contribution is 0.192. The highest BCUT2D eigenvalue weighted by Gasteiger charge is 2.24. The van der Waals surface area contributed by atoms with E-state index in [-0.39, 0.29) is 11.9 Å². The van der Waals surface area contributed by atoms with Crippen molar-refractivity contribution in [3.05, 3.63) is 29.6 Å². The van der Waals surface area contributed by atoms with E-state index in [2.05, 4.69) is 23.6 Å².